The number of aromatic amines is 1. The molecule has 5 heteroatoms. The van der Waals surface area contributed by atoms with Gasteiger partial charge in [-0.05, 0) is 24.6 Å². The lowest BCUT2D eigenvalue weighted by molar-refractivity contribution is -0.115. The van der Waals surface area contributed by atoms with Crippen molar-refractivity contribution >= 4 is 11.7 Å². The summed E-state index contributed by atoms with van der Waals surface area (Å²) in [5.41, 5.74) is 1.81. The Hall–Kier alpha value is -2.30. The van der Waals surface area contributed by atoms with E-state index in [-0.39, 0.29) is 5.91 Å². The van der Waals surface area contributed by atoms with Gasteiger partial charge in [-0.3, -0.25) is 9.89 Å². The van der Waals surface area contributed by atoms with Gasteiger partial charge < -0.3 is 10.1 Å². The summed E-state index contributed by atoms with van der Waals surface area (Å²) in [7, 11) is 1.60. The van der Waals surface area contributed by atoms with Crippen molar-refractivity contribution in [3.63, 3.8) is 0 Å². The highest BCUT2D eigenvalue weighted by atomic mass is 16.5. The number of H-pyrrole nitrogens is 1. The lowest BCUT2D eigenvalue weighted by Gasteiger charge is -2.04. The molecule has 0 fully saturated rings. The molecule has 18 heavy (non-hydrogen) atoms. The number of aromatic nitrogens is 2. The van der Waals surface area contributed by atoms with E-state index in [1.54, 1.807) is 13.2 Å². The van der Waals surface area contributed by atoms with E-state index < -0.39 is 0 Å². The van der Waals surface area contributed by atoms with E-state index in [1.165, 1.54) is 0 Å². The number of carbonyl (C=O) groups excluding carboxylic acids is 1. The zero-order valence-electron chi connectivity index (χ0n) is 10.4. The molecule has 0 bridgehead atoms. The number of aryl methyl sites for hydroxylation is 1. The Morgan fingerprint density at radius 2 is 2.28 bits per heavy atom. The second-order valence-corrected chi connectivity index (χ2v) is 4.01. The highest BCUT2D eigenvalue weighted by Crippen LogP contribution is 2.13. The van der Waals surface area contributed by atoms with Gasteiger partial charge >= 0.3 is 0 Å². The highest BCUT2D eigenvalue weighted by molar-refractivity contribution is 5.91. The van der Waals surface area contributed by atoms with Crippen LogP contribution in [0.5, 0.6) is 5.75 Å². The molecule has 1 amide bonds. The van der Waals surface area contributed by atoms with Gasteiger partial charge in [0.1, 0.15) is 5.75 Å². The molecule has 94 valence electrons. The molecule has 0 aliphatic carbocycles. The van der Waals surface area contributed by atoms with Crippen LogP contribution in [-0.2, 0) is 11.2 Å². The summed E-state index contributed by atoms with van der Waals surface area (Å²) >= 11 is 0. The number of nitrogens with one attached hydrogen (secondary N) is 2. The topological polar surface area (TPSA) is 67.0 Å². The van der Waals surface area contributed by atoms with E-state index in [4.69, 9.17) is 4.74 Å². The molecule has 1 aromatic carbocycles. The summed E-state index contributed by atoms with van der Waals surface area (Å²) in [6.07, 6.45) is 0.295. The standard InChI is InChI=1S/C13H15N3O2/c1-9-6-12(16-15-9)14-13(17)8-10-4-3-5-11(7-10)18-2/h3-7H,8H2,1-2H3,(H2,14,15,16,17). The largest absolute Gasteiger partial charge is 0.497 e. The second-order valence-electron chi connectivity index (χ2n) is 4.01. The molecule has 0 saturated heterocycles. The maximum Gasteiger partial charge on any atom is 0.229 e. The molecule has 2 N–H and O–H groups in total. The van der Waals surface area contributed by atoms with Crippen molar-refractivity contribution < 1.29 is 9.53 Å². The van der Waals surface area contributed by atoms with Gasteiger partial charge in [0.25, 0.3) is 0 Å². The molecular weight excluding hydrogens is 230 g/mol. The first-order valence-corrected chi connectivity index (χ1v) is 5.62. The van der Waals surface area contributed by atoms with Crippen LogP contribution in [0.15, 0.2) is 30.3 Å². The molecule has 0 atom stereocenters. The third kappa shape index (κ3) is 3.10. The third-order valence-corrected chi connectivity index (χ3v) is 2.47. The fraction of sp³-hybridized carbons (Fsp3) is 0.231. The van der Waals surface area contributed by atoms with Crippen LogP contribution in [0.4, 0.5) is 5.82 Å². The van der Waals surface area contributed by atoms with Crippen LogP contribution >= 0.6 is 0 Å². The number of carbonyl (C=O) groups is 1. The minimum Gasteiger partial charge on any atom is -0.497 e. The van der Waals surface area contributed by atoms with E-state index in [9.17, 15) is 4.79 Å². The van der Waals surface area contributed by atoms with E-state index in [2.05, 4.69) is 15.5 Å². The minimum atomic E-state index is -0.102. The number of benzene rings is 1. The number of methoxy groups -OCH3 is 1. The van der Waals surface area contributed by atoms with Crippen LogP contribution in [0, 0.1) is 6.92 Å². The van der Waals surface area contributed by atoms with Crippen LogP contribution in [0.2, 0.25) is 0 Å². The first kappa shape index (κ1) is 12.2. The molecule has 0 aliphatic rings. The van der Waals surface area contributed by atoms with Crippen molar-refractivity contribution in [2.75, 3.05) is 12.4 Å². The Morgan fingerprint density at radius 3 is 2.94 bits per heavy atom. The van der Waals surface area contributed by atoms with Crippen molar-refractivity contribution in [3.05, 3.63) is 41.6 Å². The fourth-order valence-electron chi connectivity index (χ4n) is 1.64. The van der Waals surface area contributed by atoms with Crippen LogP contribution in [0.3, 0.4) is 0 Å². The monoisotopic (exact) mass is 245 g/mol. The van der Waals surface area contributed by atoms with Crippen LogP contribution in [-0.4, -0.2) is 23.2 Å². The molecule has 1 aromatic heterocycles. The van der Waals surface area contributed by atoms with E-state index >= 15 is 0 Å². The van der Waals surface area contributed by atoms with Gasteiger partial charge in [-0.2, -0.15) is 5.10 Å². The number of anilines is 1. The van der Waals surface area contributed by atoms with Crippen LogP contribution in [0.25, 0.3) is 0 Å². The molecule has 0 saturated carbocycles. The zero-order valence-corrected chi connectivity index (χ0v) is 10.4. The predicted molar refractivity (Wildman–Crippen MR) is 68.7 cm³/mol. The summed E-state index contributed by atoms with van der Waals surface area (Å²) in [5, 5.41) is 9.45. The van der Waals surface area contributed by atoms with Gasteiger partial charge in [0.2, 0.25) is 5.91 Å². The summed E-state index contributed by atoms with van der Waals surface area (Å²) in [5.74, 6) is 1.19. The smallest absolute Gasteiger partial charge is 0.229 e. The summed E-state index contributed by atoms with van der Waals surface area (Å²) < 4.78 is 5.11. The molecule has 0 radical (unpaired) electrons. The number of amides is 1. The van der Waals surface area contributed by atoms with Gasteiger partial charge in [0.15, 0.2) is 5.82 Å². The average Bonchev–Trinajstić information content (AvgIpc) is 2.74. The van der Waals surface area contributed by atoms with Crippen LogP contribution in [0.1, 0.15) is 11.3 Å². The number of hydrogen-bond acceptors (Lipinski definition) is 3. The quantitative estimate of drug-likeness (QED) is 0.864. The maximum absolute atomic E-state index is 11.8. The van der Waals surface area contributed by atoms with E-state index in [0.717, 1.165) is 17.0 Å². The Kier molecular flexibility index (Phi) is 3.62. The van der Waals surface area contributed by atoms with Gasteiger partial charge in [-0.15, -0.1) is 0 Å². The van der Waals surface area contributed by atoms with Crippen molar-refractivity contribution in [2.45, 2.75) is 13.3 Å². The summed E-state index contributed by atoms with van der Waals surface area (Å²) in [6.45, 7) is 1.88. The normalized spacial score (nSPS) is 10.1. The Bertz CT molecular complexity index is 549. The van der Waals surface area contributed by atoms with Crippen molar-refractivity contribution in [1.82, 2.24) is 10.2 Å². The average molecular weight is 245 g/mol. The molecule has 0 aliphatic heterocycles. The first-order chi connectivity index (χ1) is 8.67. The number of ether oxygens (including phenoxy) is 1. The summed E-state index contributed by atoms with van der Waals surface area (Å²) in [4.78, 5) is 11.8. The van der Waals surface area contributed by atoms with Gasteiger partial charge in [0, 0.05) is 11.8 Å². The maximum atomic E-state index is 11.8. The summed E-state index contributed by atoms with van der Waals surface area (Å²) in [6, 6.07) is 9.22. The molecule has 1 heterocycles. The molecular formula is C13H15N3O2. The lowest BCUT2D eigenvalue weighted by Crippen LogP contribution is -2.14. The number of hydrogen-bond donors (Lipinski definition) is 2. The SMILES string of the molecule is COc1cccc(CC(=O)Nc2cc(C)[nH]n2)c1. The van der Waals surface area contributed by atoms with E-state index in [0.29, 0.717) is 12.2 Å². The zero-order chi connectivity index (χ0) is 13.0. The molecule has 2 rings (SSSR count). The van der Waals surface area contributed by atoms with E-state index in [1.807, 2.05) is 31.2 Å². The van der Waals surface area contributed by atoms with Crippen molar-refractivity contribution in [1.29, 1.82) is 0 Å². The second kappa shape index (κ2) is 5.35. The molecule has 2 aromatic rings. The number of nitrogens with zero attached hydrogens (tertiary/aromatic N) is 1. The highest BCUT2D eigenvalue weighted by Gasteiger charge is 2.06. The van der Waals surface area contributed by atoms with Crippen molar-refractivity contribution in [2.24, 2.45) is 0 Å². The van der Waals surface area contributed by atoms with Crippen molar-refractivity contribution in [3.8, 4) is 5.75 Å². The van der Waals surface area contributed by atoms with Crippen LogP contribution < -0.4 is 10.1 Å². The van der Waals surface area contributed by atoms with Gasteiger partial charge in [0.05, 0.1) is 13.5 Å². The first-order valence-electron chi connectivity index (χ1n) is 5.62. The molecule has 0 spiro atoms. The molecule has 0 unspecified atom stereocenters. The Labute approximate surface area is 105 Å². The Balaban J connectivity index is 1.98. The number of rotatable bonds is 4. The van der Waals surface area contributed by atoms with Gasteiger partial charge in [-0.1, -0.05) is 12.1 Å². The third-order valence-electron chi connectivity index (χ3n) is 2.47. The minimum absolute atomic E-state index is 0.102. The Morgan fingerprint density at radius 1 is 1.44 bits per heavy atom. The fourth-order valence-corrected chi connectivity index (χ4v) is 1.64. The predicted octanol–water partition coefficient (Wildman–Crippen LogP) is 1.91. The van der Waals surface area contributed by atoms with Gasteiger partial charge in [-0.25, -0.2) is 0 Å². The molecule has 5 nitrogen and oxygen atoms in total. The lowest BCUT2D eigenvalue weighted by atomic mass is 10.1.